The summed E-state index contributed by atoms with van der Waals surface area (Å²) in [5.74, 6) is 0.421. The van der Waals surface area contributed by atoms with Gasteiger partial charge in [0.15, 0.2) is 0 Å². The largest absolute Gasteiger partial charge is 0.378 e. The molecular weight excluding hydrogens is 222 g/mol. The maximum Gasteiger partial charge on any atom is 0.311 e. The summed E-state index contributed by atoms with van der Waals surface area (Å²) < 4.78 is 0. The number of hydrogen-bond acceptors (Lipinski definition) is 6. The van der Waals surface area contributed by atoms with Gasteiger partial charge in [0, 0.05) is 18.7 Å². The Morgan fingerprint density at radius 2 is 2.29 bits per heavy atom. The Hall–Kier alpha value is -1.89. The Labute approximate surface area is 99.4 Å². The lowest BCUT2D eigenvalue weighted by molar-refractivity contribution is -0.384. The van der Waals surface area contributed by atoms with E-state index in [1.807, 2.05) is 0 Å². The van der Waals surface area contributed by atoms with E-state index in [1.165, 1.54) is 12.1 Å². The third kappa shape index (κ3) is 3.56. The summed E-state index contributed by atoms with van der Waals surface area (Å²) in [5.41, 5.74) is 10.9. The van der Waals surface area contributed by atoms with E-state index in [-0.39, 0.29) is 17.5 Å². The molecule has 1 aromatic rings. The average Bonchev–Trinajstić information content (AvgIpc) is 2.28. The highest BCUT2D eigenvalue weighted by Crippen LogP contribution is 2.21. The highest BCUT2D eigenvalue weighted by atomic mass is 16.6. The molecule has 1 aromatic heterocycles. The SMILES string of the molecule is CCCC(CN)Nc1ccc([N+](=O)[O-])c(N)n1. The minimum absolute atomic E-state index is 0.0905. The van der Waals surface area contributed by atoms with E-state index in [4.69, 9.17) is 11.5 Å². The molecule has 0 saturated carbocycles. The second-order valence-electron chi connectivity index (χ2n) is 3.72. The van der Waals surface area contributed by atoms with Crippen LogP contribution in [0.1, 0.15) is 19.8 Å². The van der Waals surface area contributed by atoms with Crippen LogP contribution in [0.2, 0.25) is 0 Å². The van der Waals surface area contributed by atoms with Crippen LogP contribution in [0.25, 0.3) is 0 Å². The standard InChI is InChI=1S/C10H17N5O2/c1-2-3-7(6-11)13-9-5-4-8(15(16)17)10(12)14-9/h4-5,7H,2-3,6,11H2,1H3,(H3,12,13,14). The zero-order chi connectivity index (χ0) is 12.8. The zero-order valence-corrected chi connectivity index (χ0v) is 9.72. The Morgan fingerprint density at radius 1 is 1.59 bits per heavy atom. The maximum atomic E-state index is 10.6. The van der Waals surface area contributed by atoms with Gasteiger partial charge in [-0.3, -0.25) is 10.1 Å². The second kappa shape index (κ2) is 6.00. The Bertz CT molecular complexity index is 396. The lowest BCUT2D eigenvalue weighted by Crippen LogP contribution is -2.29. The fourth-order valence-corrected chi connectivity index (χ4v) is 1.51. The molecule has 0 radical (unpaired) electrons. The third-order valence-corrected chi connectivity index (χ3v) is 2.37. The average molecular weight is 239 g/mol. The van der Waals surface area contributed by atoms with Crippen LogP contribution < -0.4 is 16.8 Å². The number of nitrogens with one attached hydrogen (secondary N) is 1. The Balaban J connectivity index is 2.79. The van der Waals surface area contributed by atoms with Crippen molar-refractivity contribution in [3.8, 4) is 0 Å². The smallest absolute Gasteiger partial charge is 0.311 e. The molecule has 1 rings (SSSR count). The molecule has 7 heteroatoms. The lowest BCUT2D eigenvalue weighted by atomic mass is 10.1. The van der Waals surface area contributed by atoms with Crippen LogP contribution >= 0.6 is 0 Å². The molecule has 1 heterocycles. The summed E-state index contributed by atoms with van der Waals surface area (Å²) in [6.07, 6.45) is 1.91. The summed E-state index contributed by atoms with van der Waals surface area (Å²) >= 11 is 0. The highest BCUT2D eigenvalue weighted by molar-refractivity contribution is 5.57. The Kier molecular flexibility index (Phi) is 4.65. The molecule has 1 atom stereocenters. The van der Waals surface area contributed by atoms with Gasteiger partial charge in [0.25, 0.3) is 0 Å². The van der Waals surface area contributed by atoms with Gasteiger partial charge >= 0.3 is 5.69 Å². The van der Waals surface area contributed by atoms with Crippen molar-refractivity contribution in [1.29, 1.82) is 0 Å². The van der Waals surface area contributed by atoms with Gasteiger partial charge in [-0.05, 0) is 12.5 Å². The topological polar surface area (TPSA) is 120 Å². The molecule has 0 fully saturated rings. The predicted molar refractivity (Wildman–Crippen MR) is 66.7 cm³/mol. The number of pyridine rings is 1. The molecule has 0 aliphatic rings. The van der Waals surface area contributed by atoms with Crippen molar-refractivity contribution in [1.82, 2.24) is 4.98 Å². The van der Waals surface area contributed by atoms with Crippen LogP contribution in [0.5, 0.6) is 0 Å². The van der Waals surface area contributed by atoms with Gasteiger partial charge in [0.05, 0.1) is 4.92 Å². The first-order chi connectivity index (χ1) is 8.08. The fraction of sp³-hybridized carbons (Fsp3) is 0.500. The summed E-state index contributed by atoms with van der Waals surface area (Å²) in [7, 11) is 0. The van der Waals surface area contributed by atoms with Crippen LogP contribution in [0.3, 0.4) is 0 Å². The van der Waals surface area contributed by atoms with Crippen molar-refractivity contribution < 1.29 is 4.92 Å². The molecule has 7 nitrogen and oxygen atoms in total. The first-order valence-electron chi connectivity index (χ1n) is 5.46. The second-order valence-corrected chi connectivity index (χ2v) is 3.72. The van der Waals surface area contributed by atoms with E-state index in [9.17, 15) is 10.1 Å². The van der Waals surface area contributed by atoms with Crippen molar-refractivity contribution >= 4 is 17.3 Å². The quantitative estimate of drug-likeness (QED) is 0.505. The molecule has 0 spiro atoms. The number of hydrogen-bond donors (Lipinski definition) is 3. The van der Waals surface area contributed by atoms with Crippen molar-refractivity contribution in [2.24, 2.45) is 5.73 Å². The molecule has 17 heavy (non-hydrogen) atoms. The monoisotopic (exact) mass is 239 g/mol. The number of nitro groups is 1. The number of rotatable bonds is 6. The maximum absolute atomic E-state index is 10.6. The lowest BCUT2D eigenvalue weighted by Gasteiger charge is -2.16. The molecule has 0 saturated heterocycles. The molecule has 0 aliphatic carbocycles. The van der Waals surface area contributed by atoms with E-state index in [2.05, 4.69) is 17.2 Å². The van der Waals surface area contributed by atoms with E-state index in [0.717, 1.165) is 12.8 Å². The van der Waals surface area contributed by atoms with Crippen LogP contribution in [0.4, 0.5) is 17.3 Å². The number of nitrogens with two attached hydrogens (primary N) is 2. The number of aromatic nitrogens is 1. The van der Waals surface area contributed by atoms with Crippen LogP contribution in [-0.4, -0.2) is 22.5 Å². The highest BCUT2D eigenvalue weighted by Gasteiger charge is 2.14. The molecule has 0 bridgehead atoms. The fourth-order valence-electron chi connectivity index (χ4n) is 1.51. The van der Waals surface area contributed by atoms with Gasteiger partial charge in [0.1, 0.15) is 5.82 Å². The van der Waals surface area contributed by atoms with Gasteiger partial charge in [-0.25, -0.2) is 4.98 Å². The molecule has 5 N–H and O–H groups in total. The van der Waals surface area contributed by atoms with E-state index in [1.54, 1.807) is 0 Å². The first-order valence-corrected chi connectivity index (χ1v) is 5.46. The normalized spacial score (nSPS) is 12.1. The van der Waals surface area contributed by atoms with E-state index >= 15 is 0 Å². The molecule has 0 aliphatic heterocycles. The first kappa shape index (κ1) is 13.2. The molecule has 1 unspecified atom stereocenters. The minimum atomic E-state index is -0.557. The van der Waals surface area contributed by atoms with Crippen LogP contribution in [-0.2, 0) is 0 Å². The van der Waals surface area contributed by atoms with Gasteiger partial charge in [-0.1, -0.05) is 13.3 Å². The van der Waals surface area contributed by atoms with Gasteiger partial charge < -0.3 is 16.8 Å². The predicted octanol–water partition coefficient (Wildman–Crippen LogP) is 1.11. The zero-order valence-electron chi connectivity index (χ0n) is 9.72. The summed E-state index contributed by atoms with van der Waals surface area (Å²) in [6, 6.07) is 2.98. The van der Waals surface area contributed by atoms with E-state index in [0.29, 0.717) is 12.4 Å². The van der Waals surface area contributed by atoms with Crippen LogP contribution in [0, 0.1) is 10.1 Å². The number of anilines is 2. The Morgan fingerprint density at radius 3 is 2.76 bits per heavy atom. The van der Waals surface area contributed by atoms with Crippen molar-refractivity contribution in [2.45, 2.75) is 25.8 Å². The van der Waals surface area contributed by atoms with Gasteiger partial charge in [0.2, 0.25) is 5.82 Å². The summed E-state index contributed by atoms with van der Waals surface area (Å²) in [6.45, 7) is 2.54. The van der Waals surface area contributed by atoms with Gasteiger partial charge in [-0.2, -0.15) is 0 Å². The van der Waals surface area contributed by atoms with E-state index < -0.39 is 4.92 Å². The van der Waals surface area contributed by atoms with Crippen molar-refractivity contribution in [3.63, 3.8) is 0 Å². The molecule has 94 valence electrons. The third-order valence-electron chi connectivity index (χ3n) is 2.37. The van der Waals surface area contributed by atoms with Crippen molar-refractivity contribution in [3.05, 3.63) is 22.2 Å². The summed E-state index contributed by atoms with van der Waals surface area (Å²) in [4.78, 5) is 13.9. The molecule has 0 aromatic carbocycles. The van der Waals surface area contributed by atoms with Gasteiger partial charge in [-0.15, -0.1) is 0 Å². The molecule has 0 amide bonds. The number of nitrogen functional groups attached to an aromatic ring is 1. The summed E-state index contributed by atoms with van der Waals surface area (Å²) in [5, 5.41) is 13.7. The molecular formula is C10H17N5O2. The minimum Gasteiger partial charge on any atom is -0.378 e. The van der Waals surface area contributed by atoms with Crippen molar-refractivity contribution in [2.75, 3.05) is 17.6 Å². The van der Waals surface area contributed by atoms with Crippen LogP contribution in [0.15, 0.2) is 12.1 Å². The number of nitrogens with zero attached hydrogens (tertiary/aromatic N) is 2.